The summed E-state index contributed by atoms with van der Waals surface area (Å²) in [4.78, 5) is 24.3. The van der Waals surface area contributed by atoms with Crippen LogP contribution in [-0.4, -0.2) is 46.7 Å². The summed E-state index contributed by atoms with van der Waals surface area (Å²) in [6.45, 7) is 1.64. The van der Waals surface area contributed by atoms with Crippen LogP contribution in [0, 0.1) is 5.92 Å². The van der Waals surface area contributed by atoms with Gasteiger partial charge in [-0.25, -0.2) is 0 Å². The normalized spacial score (nSPS) is 11.9. The van der Waals surface area contributed by atoms with Crippen LogP contribution in [0.15, 0.2) is 30.3 Å². The molecule has 0 aliphatic rings. The molecule has 5 nitrogen and oxygen atoms in total. The molecule has 0 aromatic heterocycles. The van der Waals surface area contributed by atoms with E-state index in [-0.39, 0.29) is 32.0 Å². The van der Waals surface area contributed by atoms with Gasteiger partial charge in [-0.05, 0) is 5.56 Å². The van der Waals surface area contributed by atoms with Crippen molar-refractivity contribution in [3.05, 3.63) is 35.9 Å². The van der Waals surface area contributed by atoms with E-state index in [2.05, 4.69) is 0 Å². The highest BCUT2D eigenvalue weighted by molar-refractivity contribution is 5.79. The van der Waals surface area contributed by atoms with Gasteiger partial charge >= 0.3 is 5.97 Å². The van der Waals surface area contributed by atoms with Crippen molar-refractivity contribution in [2.75, 3.05) is 19.7 Å². The molecule has 5 heteroatoms. The molecule has 0 saturated heterocycles. The third-order valence-electron chi connectivity index (χ3n) is 2.84. The van der Waals surface area contributed by atoms with Crippen molar-refractivity contribution in [3.8, 4) is 0 Å². The van der Waals surface area contributed by atoms with Gasteiger partial charge in [0.25, 0.3) is 0 Å². The van der Waals surface area contributed by atoms with Crippen LogP contribution >= 0.6 is 0 Å². The monoisotopic (exact) mass is 265 g/mol. The molecular weight excluding hydrogens is 246 g/mol. The van der Waals surface area contributed by atoms with Gasteiger partial charge in [0, 0.05) is 13.1 Å². The number of aliphatic hydroxyl groups is 1. The van der Waals surface area contributed by atoms with E-state index in [1.165, 1.54) is 4.90 Å². The van der Waals surface area contributed by atoms with E-state index < -0.39 is 11.9 Å². The van der Waals surface area contributed by atoms with Crippen LogP contribution in [0.4, 0.5) is 0 Å². The molecule has 1 aromatic carbocycles. The van der Waals surface area contributed by atoms with Crippen LogP contribution < -0.4 is 0 Å². The average molecular weight is 265 g/mol. The van der Waals surface area contributed by atoms with E-state index in [0.717, 1.165) is 5.56 Å². The second-order valence-corrected chi connectivity index (χ2v) is 4.47. The summed E-state index contributed by atoms with van der Waals surface area (Å²) in [6.07, 6.45) is 0.215. The number of amides is 1. The van der Waals surface area contributed by atoms with Gasteiger partial charge in [0.05, 0.1) is 18.9 Å². The van der Waals surface area contributed by atoms with E-state index in [0.29, 0.717) is 0 Å². The predicted octanol–water partition coefficient (Wildman–Crippen LogP) is 0.771. The number of rotatable bonds is 7. The van der Waals surface area contributed by atoms with Crippen molar-refractivity contribution >= 4 is 11.9 Å². The molecule has 19 heavy (non-hydrogen) atoms. The lowest BCUT2D eigenvalue weighted by Crippen LogP contribution is -2.39. The lowest BCUT2D eigenvalue weighted by atomic mass is 10.1. The van der Waals surface area contributed by atoms with E-state index in [4.69, 9.17) is 10.2 Å². The van der Waals surface area contributed by atoms with E-state index in [1.54, 1.807) is 6.92 Å². The molecule has 1 amide bonds. The number of carbonyl (C=O) groups excluding carboxylic acids is 1. The van der Waals surface area contributed by atoms with Gasteiger partial charge in [-0.15, -0.1) is 0 Å². The van der Waals surface area contributed by atoms with Gasteiger partial charge in [0.15, 0.2) is 0 Å². The van der Waals surface area contributed by atoms with E-state index >= 15 is 0 Å². The maximum atomic E-state index is 12.1. The SMILES string of the molecule is CC(CN(CCO)C(=O)Cc1ccccc1)C(=O)O. The molecule has 0 saturated carbocycles. The minimum atomic E-state index is -0.949. The first-order valence-corrected chi connectivity index (χ1v) is 6.20. The maximum Gasteiger partial charge on any atom is 0.308 e. The van der Waals surface area contributed by atoms with Crippen LogP contribution in [0.3, 0.4) is 0 Å². The van der Waals surface area contributed by atoms with Crippen LogP contribution in [0.25, 0.3) is 0 Å². The van der Waals surface area contributed by atoms with Gasteiger partial charge < -0.3 is 15.1 Å². The van der Waals surface area contributed by atoms with Crippen molar-refractivity contribution in [3.63, 3.8) is 0 Å². The Morgan fingerprint density at radius 3 is 2.42 bits per heavy atom. The minimum Gasteiger partial charge on any atom is -0.481 e. The zero-order valence-electron chi connectivity index (χ0n) is 11.0. The number of aliphatic hydroxyl groups excluding tert-OH is 1. The number of carbonyl (C=O) groups is 2. The van der Waals surface area contributed by atoms with Crippen LogP contribution in [0.5, 0.6) is 0 Å². The van der Waals surface area contributed by atoms with Crippen molar-refractivity contribution < 1.29 is 19.8 Å². The smallest absolute Gasteiger partial charge is 0.308 e. The first-order valence-electron chi connectivity index (χ1n) is 6.20. The molecular formula is C14H19NO4. The molecule has 2 N–H and O–H groups in total. The predicted molar refractivity (Wildman–Crippen MR) is 70.6 cm³/mol. The molecule has 0 heterocycles. The third kappa shape index (κ3) is 5.09. The third-order valence-corrected chi connectivity index (χ3v) is 2.84. The Labute approximate surface area is 112 Å². The Morgan fingerprint density at radius 2 is 1.89 bits per heavy atom. The summed E-state index contributed by atoms with van der Waals surface area (Å²) in [7, 11) is 0. The molecule has 0 aliphatic heterocycles. The topological polar surface area (TPSA) is 77.8 Å². The Morgan fingerprint density at radius 1 is 1.26 bits per heavy atom. The van der Waals surface area contributed by atoms with Gasteiger partial charge in [-0.2, -0.15) is 0 Å². The van der Waals surface area contributed by atoms with Crippen LogP contribution in [0.1, 0.15) is 12.5 Å². The van der Waals surface area contributed by atoms with E-state index in [9.17, 15) is 9.59 Å². The molecule has 0 radical (unpaired) electrons. The number of carboxylic acid groups (broad SMARTS) is 1. The lowest BCUT2D eigenvalue weighted by molar-refractivity contribution is -0.143. The number of hydrogen-bond donors (Lipinski definition) is 2. The summed E-state index contributed by atoms with van der Waals surface area (Å²) in [5.74, 6) is -1.77. The molecule has 1 unspecified atom stereocenters. The maximum absolute atomic E-state index is 12.1. The van der Waals surface area contributed by atoms with Gasteiger partial charge in [0.2, 0.25) is 5.91 Å². The standard InChI is InChI=1S/C14H19NO4/c1-11(14(18)19)10-15(7-8-16)13(17)9-12-5-3-2-4-6-12/h2-6,11,16H,7-10H2,1H3,(H,18,19). The Balaban J connectivity index is 2.65. The summed E-state index contributed by atoms with van der Waals surface area (Å²) >= 11 is 0. The highest BCUT2D eigenvalue weighted by atomic mass is 16.4. The molecule has 0 spiro atoms. The number of nitrogens with zero attached hydrogens (tertiary/aromatic N) is 1. The Bertz CT molecular complexity index is 419. The summed E-state index contributed by atoms with van der Waals surface area (Å²) in [5.41, 5.74) is 0.874. The van der Waals surface area contributed by atoms with Crippen molar-refractivity contribution in [2.45, 2.75) is 13.3 Å². The van der Waals surface area contributed by atoms with E-state index in [1.807, 2.05) is 30.3 Å². The molecule has 0 bridgehead atoms. The molecule has 1 atom stereocenters. The fourth-order valence-corrected chi connectivity index (χ4v) is 1.73. The molecule has 104 valence electrons. The van der Waals surface area contributed by atoms with Crippen LogP contribution in [0.2, 0.25) is 0 Å². The molecule has 0 fully saturated rings. The van der Waals surface area contributed by atoms with Crippen LogP contribution in [-0.2, 0) is 16.0 Å². The first kappa shape index (κ1) is 15.2. The quantitative estimate of drug-likeness (QED) is 0.763. The largest absolute Gasteiger partial charge is 0.481 e. The molecule has 0 aliphatic carbocycles. The van der Waals surface area contributed by atoms with Gasteiger partial charge in [-0.1, -0.05) is 37.3 Å². The minimum absolute atomic E-state index is 0.113. The number of aliphatic carboxylic acids is 1. The highest BCUT2D eigenvalue weighted by Gasteiger charge is 2.20. The van der Waals surface area contributed by atoms with Gasteiger partial charge in [-0.3, -0.25) is 9.59 Å². The average Bonchev–Trinajstić information content (AvgIpc) is 2.39. The zero-order valence-corrected chi connectivity index (χ0v) is 11.0. The summed E-state index contributed by atoms with van der Waals surface area (Å²) in [6, 6.07) is 9.25. The molecule has 1 aromatic rings. The van der Waals surface area contributed by atoms with Gasteiger partial charge in [0.1, 0.15) is 0 Å². The number of carboxylic acids is 1. The highest BCUT2D eigenvalue weighted by Crippen LogP contribution is 2.06. The lowest BCUT2D eigenvalue weighted by Gasteiger charge is -2.23. The fraction of sp³-hybridized carbons (Fsp3) is 0.429. The molecule has 1 rings (SSSR count). The first-order chi connectivity index (χ1) is 9.04. The fourth-order valence-electron chi connectivity index (χ4n) is 1.73. The number of benzene rings is 1. The van der Waals surface area contributed by atoms with Crippen molar-refractivity contribution in [1.82, 2.24) is 4.90 Å². The number of hydrogen-bond acceptors (Lipinski definition) is 3. The zero-order chi connectivity index (χ0) is 14.3. The Kier molecular flexibility index (Phi) is 6.02. The Hall–Kier alpha value is -1.88. The second kappa shape index (κ2) is 7.53. The second-order valence-electron chi connectivity index (χ2n) is 4.47. The van der Waals surface area contributed by atoms with Crippen molar-refractivity contribution in [2.24, 2.45) is 5.92 Å². The van der Waals surface area contributed by atoms with Crippen molar-refractivity contribution in [1.29, 1.82) is 0 Å². The summed E-state index contributed by atoms with van der Waals surface area (Å²) < 4.78 is 0. The summed E-state index contributed by atoms with van der Waals surface area (Å²) in [5, 5.41) is 17.8.